The van der Waals surface area contributed by atoms with Gasteiger partial charge in [0.05, 0.1) is 0 Å². The summed E-state index contributed by atoms with van der Waals surface area (Å²) in [6.07, 6.45) is 5.82. The van der Waals surface area contributed by atoms with E-state index in [-0.39, 0.29) is 0 Å². The van der Waals surface area contributed by atoms with Crippen molar-refractivity contribution in [2.24, 2.45) is 17.8 Å². The maximum Gasteiger partial charge on any atom is 0.140 e. The molecule has 96 valence electrons. The molecule has 0 unspecified atom stereocenters. The topological polar surface area (TPSA) is 17.1 Å². The minimum Gasteiger partial charge on any atom is -0.299 e. The van der Waals surface area contributed by atoms with Crippen molar-refractivity contribution in [3.05, 3.63) is 34.9 Å². The van der Waals surface area contributed by atoms with E-state index in [2.05, 4.69) is 32.0 Å². The van der Waals surface area contributed by atoms with E-state index >= 15 is 0 Å². The van der Waals surface area contributed by atoms with Crippen molar-refractivity contribution in [2.75, 3.05) is 0 Å². The Balaban J connectivity index is 1.72. The van der Waals surface area contributed by atoms with Gasteiger partial charge in [-0.2, -0.15) is 0 Å². The zero-order valence-electron chi connectivity index (χ0n) is 11.4. The molecule has 0 spiro atoms. The van der Waals surface area contributed by atoms with Crippen molar-refractivity contribution in [3.8, 4) is 0 Å². The number of hydrogen-bond acceptors (Lipinski definition) is 1. The van der Waals surface area contributed by atoms with E-state index in [9.17, 15) is 4.79 Å². The third-order valence-corrected chi connectivity index (χ3v) is 4.29. The largest absolute Gasteiger partial charge is 0.299 e. The lowest BCUT2D eigenvalue weighted by Gasteiger charge is -2.14. The fourth-order valence-corrected chi connectivity index (χ4v) is 3.31. The maximum atomic E-state index is 12.5. The van der Waals surface area contributed by atoms with Crippen LogP contribution in [0.25, 0.3) is 0 Å². The molecule has 0 heterocycles. The van der Waals surface area contributed by atoms with Crippen LogP contribution < -0.4 is 0 Å². The highest BCUT2D eigenvalue weighted by molar-refractivity contribution is 5.84. The highest BCUT2D eigenvalue weighted by atomic mass is 16.1. The van der Waals surface area contributed by atoms with Gasteiger partial charge < -0.3 is 0 Å². The lowest BCUT2D eigenvalue weighted by atomic mass is 9.89. The van der Waals surface area contributed by atoms with E-state index in [1.165, 1.54) is 42.4 Å². The van der Waals surface area contributed by atoms with Gasteiger partial charge in [-0.05, 0) is 56.9 Å². The lowest BCUT2D eigenvalue weighted by Crippen LogP contribution is -2.21. The molecule has 2 fully saturated rings. The Labute approximate surface area is 110 Å². The van der Waals surface area contributed by atoms with Gasteiger partial charge in [0.2, 0.25) is 0 Å². The van der Waals surface area contributed by atoms with Gasteiger partial charge in [0, 0.05) is 12.3 Å². The first-order valence-electron chi connectivity index (χ1n) is 7.23. The van der Waals surface area contributed by atoms with E-state index in [4.69, 9.17) is 0 Å². The summed E-state index contributed by atoms with van der Waals surface area (Å²) in [5.41, 5.74) is 3.75. The Bertz CT molecular complexity index is 434. The van der Waals surface area contributed by atoms with Crippen molar-refractivity contribution in [1.29, 1.82) is 0 Å². The van der Waals surface area contributed by atoms with Gasteiger partial charge in [0.15, 0.2) is 0 Å². The molecule has 1 aromatic carbocycles. The predicted octanol–water partition coefficient (Wildman–Crippen LogP) is 3.85. The number of carbonyl (C=O) groups is 1. The summed E-state index contributed by atoms with van der Waals surface area (Å²) in [4.78, 5) is 12.5. The molecule has 0 radical (unpaired) electrons. The Morgan fingerprint density at radius 2 is 1.56 bits per heavy atom. The average molecular weight is 242 g/mol. The molecular formula is C17H22O. The standard InChI is InChI=1S/C17H22O/c1-11-7-12(2)9-13(8-11)10-16(18)17(14-3-4-14)15-5-6-15/h7-9,14-15,17H,3-6,10H2,1-2H3. The van der Waals surface area contributed by atoms with Gasteiger partial charge >= 0.3 is 0 Å². The lowest BCUT2D eigenvalue weighted by molar-refractivity contribution is -0.123. The number of hydrogen-bond donors (Lipinski definition) is 0. The molecule has 0 aromatic heterocycles. The molecule has 3 rings (SSSR count). The molecule has 1 nitrogen and oxygen atoms in total. The van der Waals surface area contributed by atoms with Crippen LogP contribution in [0.3, 0.4) is 0 Å². The van der Waals surface area contributed by atoms with Crippen LogP contribution in [0.15, 0.2) is 18.2 Å². The highest BCUT2D eigenvalue weighted by Crippen LogP contribution is 2.49. The monoisotopic (exact) mass is 242 g/mol. The number of carbonyl (C=O) groups excluding carboxylic acids is 1. The molecular weight excluding hydrogens is 220 g/mol. The average Bonchev–Trinajstić information content (AvgIpc) is 3.09. The summed E-state index contributed by atoms with van der Waals surface area (Å²) in [5.74, 6) is 2.36. The van der Waals surface area contributed by atoms with Crippen molar-refractivity contribution < 1.29 is 4.79 Å². The Kier molecular flexibility index (Phi) is 3.01. The molecule has 0 atom stereocenters. The number of rotatable bonds is 5. The van der Waals surface area contributed by atoms with E-state index in [1.807, 2.05) is 0 Å². The van der Waals surface area contributed by atoms with Gasteiger partial charge in [-0.15, -0.1) is 0 Å². The fourth-order valence-electron chi connectivity index (χ4n) is 3.31. The van der Waals surface area contributed by atoms with Crippen LogP contribution in [0.4, 0.5) is 0 Å². The second kappa shape index (κ2) is 4.53. The van der Waals surface area contributed by atoms with Crippen molar-refractivity contribution in [3.63, 3.8) is 0 Å². The minimum absolute atomic E-state index is 0.394. The molecule has 2 saturated carbocycles. The normalized spacial score (nSPS) is 19.3. The van der Waals surface area contributed by atoms with Gasteiger partial charge in [-0.1, -0.05) is 29.3 Å². The van der Waals surface area contributed by atoms with E-state index in [0.717, 1.165) is 11.8 Å². The molecule has 0 saturated heterocycles. The Morgan fingerprint density at radius 1 is 1.06 bits per heavy atom. The molecule has 0 N–H and O–H groups in total. The zero-order chi connectivity index (χ0) is 12.7. The highest BCUT2D eigenvalue weighted by Gasteiger charge is 2.44. The van der Waals surface area contributed by atoms with Gasteiger partial charge in [-0.3, -0.25) is 4.79 Å². The van der Waals surface area contributed by atoms with E-state index in [1.54, 1.807) is 0 Å². The van der Waals surface area contributed by atoms with Crippen LogP contribution >= 0.6 is 0 Å². The van der Waals surface area contributed by atoms with Crippen LogP contribution in [0.1, 0.15) is 42.4 Å². The minimum atomic E-state index is 0.394. The molecule has 2 aliphatic carbocycles. The first-order valence-corrected chi connectivity index (χ1v) is 7.23. The van der Waals surface area contributed by atoms with Gasteiger partial charge in [0.25, 0.3) is 0 Å². The zero-order valence-corrected chi connectivity index (χ0v) is 11.4. The number of benzene rings is 1. The van der Waals surface area contributed by atoms with Crippen LogP contribution in [-0.2, 0) is 11.2 Å². The molecule has 1 heteroatoms. The molecule has 1 aromatic rings. The van der Waals surface area contributed by atoms with Crippen molar-refractivity contribution in [2.45, 2.75) is 46.0 Å². The maximum absolute atomic E-state index is 12.5. The van der Waals surface area contributed by atoms with Crippen LogP contribution in [0.2, 0.25) is 0 Å². The molecule has 0 amide bonds. The SMILES string of the molecule is Cc1cc(C)cc(CC(=O)C(C2CC2)C2CC2)c1. The van der Waals surface area contributed by atoms with Crippen LogP contribution in [0, 0.1) is 31.6 Å². The summed E-state index contributed by atoms with van der Waals surface area (Å²) in [6, 6.07) is 6.51. The first-order chi connectivity index (χ1) is 8.63. The number of aryl methyl sites for hydroxylation is 2. The summed E-state index contributed by atoms with van der Waals surface area (Å²) in [5, 5.41) is 0. The summed E-state index contributed by atoms with van der Waals surface area (Å²) in [6.45, 7) is 4.22. The summed E-state index contributed by atoms with van der Waals surface area (Å²) < 4.78 is 0. The second-order valence-corrected chi connectivity index (χ2v) is 6.34. The Hall–Kier alpha value is -1.11. The molecule has 0 aliphatic heterocycles. The first kappa shape index (κ1) is 12.0. The van der Waals surface area contributed by atoms with E-state index < -0.39 is 0 Å². The third-order valence-electron chi connectivity index (χ3n) is 4.29. The summed E-state index contributed by atoms with van der Waals surface area (Å²) >= 11 is 0. The van der Waals surface area contributed by atoms with Crippen LogP contribution in [-0.4, -0.2) is 5.78 Å². The quantitative estimate of drug-likeness (QED) is 0.766. The van der Waals surface area contributed by atoms with Crippen molar-refractivity contribution >= 4 is 5.78 Å². The second-order valence-electron chi connectivity index (χ2n) is 6.34. The van der Waals surface area contributed by atoms with Crippen molar-refractivity contribution in [1.82, 2.24) is 0 Å². The Morgan fingerprint density at radius 3 is 2.00 bits per heavy atom. The third kappa shape index (κ3) is 2.66. The number of Topliss-reactive ketones (excluding diaryl/α,β-unsaturated/α-hetero) is 1. The fraction of sp³-hybridized carbons (Fsp3) is 0.588. The smallest absolute Gasteiger partial charge is 0.140 e. The molecule has 2 aliphatic rings. The summed E-state index contributed by atoms with van der Waals surface area (Å²) in [7, 11) is 0. The number of ketones is 1. The predicted molar refractivity (Wildman–Crippen MR) is 73.6 cm³/mol. The van der Waals surface area contributed by atoms with Gasteiger partial charge in [-0.25, -0.2) is 0 Å². The molecule has 18 heavy (non-hydrogen) atoms. The van der Waals surface area contributed by atoms with E-state index in [0.29, 0.717) is 18.1 Å². The van der Waals surface area contributed by atoms with Crippen LogP contribution in [0.5, 0.6) is 0 Å². The van der Waals surface area contributed by atoms with Gasteiger partial charge in [0.1, 0.15) is 5.78 Å². The molecule has 0 bridgehead atoms.